The Balaban J connectivity index is 0.00000200. The van der Waals surface area contributed by atoms with Gasteiger partial charge in [0.15, 0.2) is 0 Å². The van der Waals surface area contributed by atoms with Crippen LogP contribution in [0.2, 0.25) is 0 Å². The third-order valence-electron chi connectivity index (χ3n) is 2.74. The third-order valence-corrected chi connectivity index (χ3v) is 2.74. The topological polar surface area (TPSA) is 64.0 Å². The smallest absolute Gasteiger partial charge is 0.338 e. The predicted molar refractivity (Wildman–Crippen MR) is 74.3 cm³/mol. The molecule has 0 spiro atoms. The molecule has 0 aliphatic carbocycles. The van der Waals surface area contributed by atoms with Crippen LogP contribution in [0.25, 0.3) is 10.9 Å². The van der Waals surface area contributed by atoms with Crippen LogP contribution in [-0.4, -0.2) is 15.6 Å². The number of aromatic nitrogens is 2. The molecule has 1 heterocycles. The molecule has 0 aliphatic rings. The number of hydrogen-bond donors (Lipinski definition) is 1. The van der Waals surface area contributed by atoms with Gasteiger partial charge in [0.05, 0.1) is 10.9 Å². The van der Waals surface area contributed by atoms with Gasteiger partial charge in [-0.1, -0.05) is 32.9 Å². The van der Waals surface area contributed by atoms with E-state index in [0.29, 0.717) is 10.9 Å². The summed E-state index contributed by atoms with van der Waals surface area (Å²) in [7, 11) is 0. The molecule has 1 aromatic carbocycles. The fourth-order valence-electron chi connectivity index (χ4n) is 1.56. The number of rotatable bonds is 1. The maximum atomic E-state index is 12.3. The summed E-state index contributed by atoms with van der Waals surface area (Å²) in [4.78, 5) is 28.4. The minimum atomic E-state index is -0.600. The molecular weight excluding hydrogens is 249 g/mol. The van der Waals surface area contributed by atoms with E-state index in [0.717, 1.165) is 4.68 Å². The summed E-state index contributed by atoms with van der Waals surface area (Å²) < 4.78 is 1.09. The van der Waals surface area contributed by atoms with E-state index in [2.05, 4.69) is 17.3 Å². The van der Waals surface area contributed by atoms with E-state index < -0.39 is 5.41 Å². The summed E-state index contributed by atoms with van der Waals surface area (Å²) in [5.41, 5.74) is 2.19. The summed E-state index contributed by atoms with van der Waals surface area (Å²) in [6, 6.07) is 6.96. The first-order chi connectivity index (χ1) is 8.80. The zero-order valence-electron chi connectivity index (χ0n) is 12.2. The van der Waals surface area contributed by atoms with E-state index in [1.54, 1.807) is 45.0 Å². The summed E-state index contributed by atoms with van der Waals surface area (Å²) in [6.07, 6.45) is 0. The molecule has 0 atom stereocenters. The molecule has 0 bridgehead atoms. The van der Waals surface area contributed by atoms with Crippen LogP contribution in [0, 0.1) is 12.3 Å². The molecule has 20 heavy (non-hydrogen) atoms. The number of carbonyl (C=O) groups is 1. The van der Waals surface area contributed by atoms with Crippen LogP contribution in [-0.2, 0) is 4.79 Å². The van der Waals surface area contributed by atoms with E-state index in [-0.39, 0.29) is 36.2 Å². The van der Waals surface area contributed by atoms with Crippen LogP contribution < -0.4 is 29.8 Å². The molecule has 2 rings (SSSR count). The molecule has 0 aliphatic heterocycles. The number of amides is 1. The molecule has 0 fully saturated rings. The molecule has 0 saturated carbocycles. The first-order valence-corrected chi connectivity index (χ1v) is 5.96. The van der Waals surface area contributed by atoms with E-state index in [1.807, 2.05) is 0 Å². The number of para-hydroxylation sites is 1. The van der Waals surface area contributed by atoms with Crippen LogP contribution in [0.4, 0.5) is 0 Å². The maximum Gasteiger partial charge on any atom is 1.00 e. The first kappa shape index (κ1) is 16.4. The normalized spacial score (nSPS) is 10.9. The van der Waals surface area contributed by atoms with Crippen molar-refractivity contribution in [2.45, 2.75) is 20.8 Å². The van der Waals surface area contributed by atoms with Gasteiger partial charge in [0.25, 0.3) is 5.56 Å². The van der Waals surface area contributed by atoms with Crippen molar-refractivity contribution in [2.24, 2.45) is 5.41 Å². The van der Waals surface area contributed by atoms with E-state index in [4.69, 9.17) is 0 Å². The van der Waals surface area contributed by atoms with Crippen molar-refractivity contribution in [2.75, 3.05) is 5.43 Å². The van der Waals surface area contributed by atoms with Gasteiger partial charge in [-0.15, -0.1) is 0 Å². The first-order valence-electron chi connectivity index (χ1n) is 5.96. The average molecular weight is 265 g/mol. The Hall–Kier alpha value is -1.70. The Labute approximate surface area is 129 Å². The van der Waals surface area contributed by atoms with Gasteiger partial charge in [-0.25, -0.2) is 4.68 Å². The van der Waals surface area contributed by atoms with E-state index in [1.165, 1.54) is 0 Å². The maximum absolute atomic E-state index is 12.3. The Morgan fingerprint density at radius 3 is 2.50 bits per heavy atom. The Bertz CT molecular complexity index is 702. The number of carbonyl (C=O) groups excluding carboxylic acids is 1. The van der Waals surface area contributed by atoms with E-state index in [9.17, 15) is 9.59 Å². The van der Waals surface area contributed by atoms with Gasteiger partial charge in [-0.2, -0.15) is 0 Å². The zero-order chi connectivity index (χ0) is 14.2. The van der Waals surface area contributed by atoms with Gasteiger partial charge in [0, 0.05) is 5.41 Å². The average Bonchev–Trinajstić information content (AvgIpc) is 2.33. The fourth-order valence-corrected chi connectivity index (χ4v) is 1.56. The van der Waals surface area contributed by atoms with Gasteiger partial charge in [0.2, 0.25) is 5.91 Å². The molecule has 100 valence electrons. The Morgan fingerprint density at radius 2 is 1.90 bits per heavy atom. The number of nitrogens with zero attached hydrogens (tertiary/aromatic N) is 2. The van der Waals surface area contributed by atoms with Crippen LogP contribution in [0.5, 0.6) is 0 Å². The standard InChI is InChI=1S/C14H16N3O2.Li/c1-9-15-11-8-6-5-7-10(11)12(18)17(9)16-13(19)14(2,3)4;/h5-8H,1H2,2-4H3,(H,16,19);/q-1;+1. The van der Waals surface area contributed by atoms with Crippen LogP contribution >= 0.6 is 0 Å². The minimum absolute atomic E-state index is 0. The second kappa shape index (κ2) is 5.74. The molecule has 5 nitrogen and oxygen atoms in total. The van der Waals surface area contributed by atoms with Crippen molar-refractivity contribution in [3.8, 4) is 0 Å². The monoisotopic (exact) mass is 265 g/mol. The van der Waals surface area contributed by atoms with Crippen LogP contribution in [0.15, 0.2) is 29.1 Å². The van der Waals surface area contributed by atoms with Crippen LogP contribution in [0.3, 0.4) is 0 Å². The van der Waals surface area contributed by atoms with Crippen molar-refractivity contribution < 1.29 is 23.7 Å². The zero-order valence-corrected chi connectivity index (χ0v) is 12.2. The summed E-state index contributed by atoms with van der Waals surface area (Å²) in [6.45, 7) is 9.01. The largest absolute Gasteiger partial charge is 1.00 e. The number of fused-ring (bicyclic) bond motifs is 1. The summed E-state index contributed by atoms with van der Waals surface area (Å²) in [5, 5.41) is 0.448. The van der Waals surface area contributed by atoms with Crippen molar-refractivity contribution in [1.82, 2.24) is 9.66 Å². The molecule has 2 aromatic rings. The third kappa shape index (κ3) is 3.06. The van der Waals surface area contributed by atoms with Crippen LogP contribution in [0.1, 0.15) is 26.6 Å². The van der Waals surface area contributed by atoms with Crippen molar-refractivity contribution in [1.29, 1.82) is 0 Å². The summed E-state index contributed by atoms with van der Waals surface area (Å²) >= 11 is 0. The molecular formula is C14H16LiN3O2. The number of benzene rings is 1. The van der Waals surface area contributed by atoms with Crippen molar-refractivity contribution >= 4 is 16.8 Å². The SMILES string of the molecule is [CH2-]c1nc2ccccc2c(=O)n1NC(=O)C(C)(C)C.[Li+]. The number of nitrogens with one attached hydrogen (secondary N) is 1. The molecule has 1 N–H and O–H groups in total. The molecule has 0 radical (unpaired) electrons. The fraction of sp³-hybridized carbons (Fsp3) is 0.286. The molecule has 1 amide bonds. The molecule has 1 aromatic heterocycles. The van der Waals surface area contributed by atoms with Crippen molar-refractivity contribution in [3.05, 3.63) is 47.4 Å². The Morgan fingerprint density at radius 1 is 1.30 bits per heavy atom. The summed E-state index contributed by atoms with van der Waals surface area (Å²) in [5.74, 6) is -0.0575. The predicted octanol–water partition coefficient (Wildman–Crippen LogP) is -1.30. The molecule has 0 unspecified atom stereocenters. The molecule has 6 heteroatoms. The van der Waals surface area contributed by atoms with Gasteiger partial charge in [0.1, 0.15) is 0 Å². The minimum Gasteiger partial charge on any atom is -0.338 e. The quantitative estimate of drug-likeness (QED) is 0.515. The Kier molecular flexibility index (Phi) is 4.69. The van der Waals surface area contributed by atoms with Crippen molar-refractivity contribution in [3.63, 3.8) is 0 Å². The van der Waals surface area contributed by atoms with Gasteiger partial charge in [-0.05, 0) is 18.0 Å². The van der Waals surface area contributed by atoms with Gasteiger partial charge >= 0.3 is 18.9 Å². The number of hydrogen-bond acceptors (Lipinski definition) is 3. The second-order valence-electron chi connectivity index (χ2n) is 5.38. The molecule has 0 saturated heterocycles. The van der Waals surface area contributed by atoms with E-state index >= 15 is 0 Å². The van der Waals surface area contributed by atoms with Gasteiger partial charge < -0.3 is 6.92 Å². The second-order valence-corrected chi connectivity index (χ2v) is 5.38. The van der Waals surface area contributed by atoms with Gasteiger partial charge in [-0.3, -0.25) is 20.0 Å².